The molecule has 1 aromatic heterocycles. The molecule has 1 aliphatic rings. The summed E-state index contributed by atoms with van der Waals surface area (Å²) in [5.74, 6) is 3.66. The molecule has 0 bridgehead atoms. The molecule has 0 radical (unpaired) electrons. The fraction of sp³-hybridized carbons (Fsp3) is 0.500. The van der Waals surface area contributed by atoms with Crippen LogP contribution < -0.4 is 10.1 Å². The van der Waals surface area contributed by atoms with Gasteiger partial charge >= 0.3 is 0 Å². The van der Waals surface area contributed by atoms with E-state index in [0.29, 0.717) is 6.54 Å². The number of nitrogens with one attached hydrogen (secondary N) is 1. The molecule has 0 amide bonds. The first-order chi connectivity index (χ1) is 12.2. The van der Waals surface area contributed by atoms with Crippen LogP contribution in [0.25, 0.3) is 0 Å². The van der Waals surface area contributed by atoms with Gasteiger partial charge in [0.15, 0.2) is 11.8 Å². The number of hydrogen-bond acceptors (Lipinski definition) is 4. The molecule has 1 fully saturated rings. The zero-order valence-corrected chi connectivity index (χ0v) is 17.9. The summed E-state index contributed by atoms with van der Waals surface area (Å²) in [6.45, 7) is 4.41. The van der Waals surface area contributed by atoms with E-state index in [1.165, 1.54) is 0 Å². The number of halogens is 1. The normalized spacial score (nSPS) is 15.5. The molecule has 0 saturated carbocycles. The first-order valence-corrected chi connectivity index (χ1v) is 8.69. The molecule has 2 heterocycles. The fourth-order valence-corrected chi connectivity index (χ4v) is 2.97. The van der Waals surface area contributed by atoms with Crippen molar-refractivity contribution in [2.45, 2.75) is 32.4 Å². The van der Waals surface area contributed by atoms with Gasteiger partial charge in [0.25, 0.3) is 0 Å². The van der Waals surface area contributed by atoms with Crippen LogP contribution in [0.15, 0.2) is 35.3 Å². The van der Waals surface area contributed by atoms with Crippen molar-refractivity contribution in [1.82, 2.24) is 25.0 Å². The Kier molecular flexibility index (Phi) is 7.67. The van der Waals surface area contributed by atoms with Crippen LogP contribution in [0, 0.1) is 6.92 Å². The first-order valence-electron chi connectivity index (χ1n) is 8.69. The molecule has 0 aliphatic carbocycles. The van der Waals surface area contributed by atoms with Crippen LogP contribution in [-0.4, -0.2) is 51.9 Å². The van der Waals surface area contributed by atoms with Crippen LogP contribution in [0.4, 0.5) is 0 Å². The highest BCUT2D eigenvalue weighted by molar-refractivity contribution is 14.0. The lowest BCUT2D eigenvalue weighted by Gasteiger charge is -2.34. The maximum atomic E-state index is 6.06. The number of hydrogen-bond donors (Lipinski definition) is 1. The van der Waals surface area contributed by atoms with Crippen molar-refractivity contribution in [3.05, 3.63) is 42.0 Å². The van der Waals surface area contributed by atoms with Gasteiger partial charge in [-0.25, -0.2) is 0 Å². The smallest absolute Gasteiger partial charge is 0.194 e. The van der Waals surface area contributed by atoms with Crippen LogP contribution in [0.5, 0.6) is 5.75 Å². The standard InChI is InChI=1S/C18H26N6O.HI/c1-14-21-22-17(23(14)3)13-20-18(19-2)24-11-9-16(10-12-24)25-15-7-5-4-6-8-15;/h4-8,16H,9-13H2,1-3H3,(H,19,20);1H. The number of nitrogens with zero attached hydrogens (tertiary/aromatic N) is 5. The summed E-state index contributed by atoms with van der Waals surface area (Å²) >= 11 is 0. The molecule has 0 atom stereocenters. The van der Waals surface area contributed by atoms with Crippen LogP contribution in [0.3, 0.4) is 0 Å². The minimum atomic E-state index is 0. The lowest BCUT2D eigenvalue weighted by atomic mass is 10.1. The summed E-state index contributed by atoms with van der Waals surface area (Å²) in [5.41, 5.74) is 0. The number of ether oxygens (including phenoxy) is 1. The Morgan fingerprint density at radius 3 is 2.50 bits per heavy atom. The predicted octanol–water partition coefficient (Wildman–Crippen LogP) is 2.36. The average Bonchev–Trinajstić information content (AvgIpc) is 2.96. The minimum Gasteiger partial charge on any atom is -0.490 e. The number of benzene rings is 1. The van der Waals surface area contributed by atoms with Crippen molar-refractivity contribution in [3.63, 3.8) is 0 Å². The Bertz CT molecular complexity index is 710. The highest BCUT2D eigenvalue weighted by Gasteiger charge is 2.22. The molecular formula is C18H27IN6O. The van der Waals surface area contributed by atoms with Gasteiger partial charge in [-0.05, 0) is 19.1 Å². The molecule has 1 saturated heterocycles. The highest BCUT2D eigenvalue weighted by atomic mass is 127. The Balaban J connectivity index is 0.00000243. The Morgan fingerprint density at radius 1 is 1.23 bits per heavy atom. The molecule has 7 nitrogen and oxygen atoms in total. The van der Waals surface area contributed by atoms with Gasteiger partial charge in [-0.3, -0.25) is 4.99 Å². The number of para-hydroxylation sites is 1. The van der Waals surface area contributed by atoms with E-state index in [4.69, 9.17) is 4.74 Å². The van der Waals surface area contributed by atoms with Crippen molar-refractivity contribution in [3.8, 4) is 5.75 Å². The van der Waals surface area contributed by atoms with Gasteiger partial charge in [0, 0.05) is 40.0 Å². The molecule has 26 heavy (non-hydrogen) atoms. The average molecular weight is 470 g/mol. The number of aliphatic imine (C=N–C) groups is 1. The SMILES string of the molecule is CN=C(NCc1nnc(C)n1C)N1CCC(Oc2ccccc2)CC1.I. The summed E-state index contributed by atoms with van der Waals surface area (Å²) in [5, 5.41) is 11.7. The molecule has 2 aromatic rings. The Hall–Kier alpha value is -1.84. The van der Waals surface area contributed by atoms with Gasteiger partial charge in [-0.2, -0.15) is 0 Å². The fourth-order valence-electron chi connectivity index (χ4n) is 2.97. The van der Waals surface area contributed by atoms with E-state index in [1.54, 1.807) is 0 Å². The zero-order valence-electron chi connectivity index (χ0n) is 15.6. The zero-order chi connectivity index (χ0) is 17.6. The predicted molar refractivity (Wildman–Crippen MR) is 113 cm³/mol. The van der Waals surface area contributed by atoms with Crippen molar-refractivity contribution >= 4 is 29.9 Å². The largest absolute Gasteiger partial charge is 0.490 e. The van der Waals surface area contributed by atoms with Crippen LogP contribution in [-0.2, 0) is 13.6 Å². The quantitative estimate of drug-likeness (QED) is 0.422. The van der Waals surface area contributed by atoms with Crippen molar-refractivity contribution in [2.24, 2.45) is 12.0 Å². The van der Waals surface area contributed by atoms with Gasteiger partial charge in [-0.1, -0.05) is 18.2 Å². The van der Waals surface area contributed by atoms with Crippen molar-refractivity contribution in [2.75, 3.05) is 20.1 Å². The maximum absolute atomic E-state index is 6.06. The molecule has 3 rings (SSSR count). The van der Waals surface area contributed by atoms with E-state index < -0.39 is 0 Å². The molecule has 1 aromatic carbocycles. The topological polar surface area (TPSA) is 67.6 Å². The summed E-state index contributed by atoms with van der Waals surface area (Å²) in [6.07, 6.45) is 2.23. The van der Waals surface area contributed by atoms with E-state index in [2.05, 4.69) is 25.4 Å². The summed E-state index contributed by atoms with van der Waals surface area (Å²) in [7, 11) is 3.79. The Labute approximate surface area is 171 Å². The number of aromatic nitrogens is 3. The van der Waals surface area contributed by atoms with Crippen LogP contribution >= 0.6 is 24.0 Å². The third kappa shape index (κ3) is 5.09. The molecule has 142 valence electrons. The second-order valence-corrected chi connectivity index (χ2v) is 6.24. The van der Waals surface area contributed by atoms with E-state index >= 15 is 0 Å². The maximum Gasteiger partial charge on any atom is 0.194 e. The number of aryl methyl sites for hydroxylation is 1. The van der Waals surface area contributed by atoms with Crippen LogP contribution in [0.1, 0.15) is 24.5 Å². The number of guanidine groups is 1. The third-order valence-corrected chi connectivity index (χ3v) is 4.59. The van der Waals surface area contributed by atoms with Gasteiger partial charge < -0.3 is 19.5 Å². The molecule has 1 aliphatic heterocycles. The number of piperidine rings is 1. The molecule has 1 N–H and O–H groups in total. The van der Waals surface area contributed by atoms with Gasteiger partial charge in [0.2, 0.25) is 0 Å². The molecule has 8 heteroatoms. The monoisotopic (exact) mass is 470 g/mol. The van der Waals surface area contributed by atoms with Gasteiger partial charge in [-0.15, -0.1) is 34.2 Å². The van der Waals surface area contributed by atoms with Crippen molar-refractivity contribution < 1.29 is 4.74 Å². The number of likely N-dealkylation sites (tertiary alicyclic amines) is 1. The summed E-state index contributed by atoms with van der Waals surface area (Å²) in [6, 6.07) is 10.0. The third-order valence-electron chi connectivity index (χ3n) is 4.59. The second kappa shape index (κ2) is 9.75. The summed E-state index contributed by atoms with van der Waals surface area (Å²) in [4.78, 5) is 6.68. The molecule has 0 unspecified atom stereocenters. The van der Waals surface area contributed by atoms with E-state index in [-0.39, 0.29) is 30.1 Å². The highest BCUT2D eigenvalue weighted by Crippen LogP contribution is 2.18. The second-order valence-electron chi connectivity index (χ2n) is 6.24. The van der Waals surface area contributed by atoms with Gasteiger partial charge in [0.1, 0.15) is 17.7 Å². The first kappa shape index (κ1) is 20.5. The molecule has 0 spiro atoms. The molecular weight excluding hydrogens is 443 g/mol. The lowest BCUT2D eigenvalue weighted by molar-refractivity contribution is 0.129. The van der Waals surface area contributed by atoms with E-state index in [1.807, 2.05) is 55.9 Å². The Morgan fingerprint density at radius 2 is 1.92 bits per heavy atom. The lowest BCUT2D eigenvalue weighted by Crippen LogP contribution is -2.47. The van der Waals surface area contributed by atoms with Crippen molar-refractivity contribution in [1.29, 1.82) is 0 Å². The summed E-state index contributed by atoms with van der Waals surface area (Å²) < 4.78 is 8.04. The minimum absolute atomic E-state index is 0. The van der Waals surface area contributed by atoms with Crippen LogP contribution in [0.2, 0.25) is 0 Å². The number of rotatable bonds is 4. The van der Waals surface area contributed by atoms with Gasteiger partial charge in [0.05, 0.1) is 6.54 Å². The van der Waals surface area contributed by atoms with E-state index in [9.17, 15) is 0 Å². The van der Waals surface area contributed by atoms with E-state index in [0.717, 1.165) is 49.3 Å².